The van der Waals surface area contributed by atoms with Crippen molar-refractivity contribution < 1.29 is 23.6 Å². The summed E-state index contributed by atoms with van der Waals surface area (Å²) in [5.74, 6) is -0.0447. The minimum Gasteiger partial charge on any atom is -0.377 e. The first-order chi connectivity index (χ1) is 12.9. The Hall–Kier alpha value is -1.78. The van der Waals surface area contributed by atoms with Gasteiger partial charge in [-0.25, -0.2) is 9.19 Å². The van der Waals surface area contributed by atoms with Crippen molar-refractivity contribution in [1.82, 2.24) is 14.9 Å². The van der Waals surface area contributed by atoms with E-state index in [4.69, 9.17) is 4.74 Å². The maximum absolute atomic E-state index is 12.9. The summed E-state index contributed by atoms with van der Waals surface area (Å²) in [6.07, 6.45) is 4.21. The number of aliphatic hydroxyl groups is 1. The lowest BCUT2D eigenvalue weighted by molar-refractivity contribution is -0.160. The molecule has 0 aromatic carbocycles. The molecule has 9 nitrogen and oxygen atoms in total. The number of aliphatic hydroxyl groups excluding tert-OH is 1. The Morgan fingerprint density at radius 3 is 2.78 bits per heavy atom. The van der Waals surface area contributed by atoms with E-state index in [0.717, 1.165) is 12.8 Å². The van der Waals surface area contributed by atoms with Crippen LogP contribution in [0.3, 0.4) is 0 Å². The fourth-order valence-electron chi connectivity index (χ4n) is 3.64. The van der Waals surface area contributed by atoms with Gasteiger partial charge in [0.15, 0.2) is 6.10 Å². The maximum Gasteiger partial charge on any atom is 0.257 e. The van der Waals surface area contributed by atoms with Gasteiger partial charge >= 0.3 is 0 Å². The molecule has 1 unspecified atom stereocenters. The number of rotatable bonds is 3. The van der Waals surface area contributed by atoms with Crippen LogP contribution in [0.15, 0.2) is 16.9 Å². The predicted octanol–water partition coefficient (Wildman–Crippen LogP) is 0.239. The fraction of sp³-hybridized carbons (Fsp3) is 0.706. The van der Waals surface area contributed by atoms with Gasteiger partial charge in [0.1, 0.15) is 0 Å². The second kappa shape index (κ2) is 6.99. The highest BCUT2D eigenvalue weighted by molar-refractivity contribution is 7.93. The first-order valence-corrected chi connectivity index (χ1v) is 11.1. The van der Waals surface area contributed by atoms with E-state index in [1.54, 1.807) is 4.90 Å². The van der Waals surface area contributed by atoms with Crippen molar-refractivity contribution in [2.45, 2.75) is 37.4 Å². The van der Waals surface area contributed by atoms with Crippen molar-refractivity contribution in [3.63, 3.8) is 0 Å². The number of imidazole rings is 1. The summed E-state index contributed by atoms with van der Waals surface area (Å²) >= 11 is 0. The molecule has 1 atom stereocenters. The van der Waals surface area contributed by atoms with Crippen molar-refractivity contribution in [1.29, 1.82) is 0 Å². The summed E-state index contributed by atoms with van der Waals surface area (Å²) in [7, 11) is -2.53. The molecule has 1 aliphatic carbocycles. The molecule has 3 aliphatic rings. The molecular formula is C17H24N4O5S. The predicted molar refractivity (Wildman–Crippen MR) is 96.1 cm³/mol. The molecule has 2 N–H and O–H groups in total. The van der Waals surface area contributed by atoms with Crippen LogP contribution in [-0.4, -0.2) is 72.8 Å². The second-order valence-corrected chi connectivity index (χ2v) is 10.1. The van der Waals surface area contributed by atoms with Gasteiger partial charge in [0.2, 0.25) is 0 Å². The molecule has 1 spiro atoms. The van der Waals surface area contributed by atoms with E-state index in [9.17, 15) is 18.9 Å². The Bertz CT molecular complexity index is 828. The summed E-state index contributed by atoms with van der Waals surface area (Å²) in [6, 6.07) is 0. The lowest BCUT2D eigenvalue weighted by Gasteiger charge is -2.45. The van der Waals surface area contributed by atoms with E-state index >= 15 is 0 Å². The zero-order valence-electron chi connectivity index (χ0n) is 15.0. The molecule has 27 heavy (non-hydrogen) atoms. The lowest BCUT2D eigenvalue weighted by Crippen LogP contribution is -2.57. The highest BCUT2D eigenvalue weighted by atomic mass is 32.2. The van der Waals surface area contributed by atoms with Crippen LogP contribution in [0.1, 0.15) is 37.5 Å². The van der Waals surface area contributed by atoms with Gasteiger partial charge in [0.25, 0.3) is 11.8 Å². The standard InChI is InChI=1S/C17H24N4O5S/c22-14(13-9-18-11-19-13)16(24)21-5-6-26-17(10-21)3-7-27(25,8-4-17)20-15(23)12-1-2-12/h9,11-12,14,22H,1-8,10H2,(H,18,19). The summed E-state index contributed by atoms with van der Waals surface area (Å²) in [5, 5.41) is 10.3. The third kappa shape index (κ3) is 3.92. The van der Waals surface area contributed by atoms with Gasteiger partial charge in [-0.2, -0.15) is 4.36 Å². The minimum absolute atomic E-state index is 0.0257. The number of aromatic amines is 1. The number of H-pyrrole nitrogens is 1. The second-order valence-electron chi connectivity index (χ2n) is 7.59. The van der Waals surface area contributed by atoms with E-state index in [2.05, 4.69) is 14.3 Å². The van der Waals surface area contributed by atoms with Gasteiger partial charge in [-0.15, -0.1) is 0 Å². The molecule has 10 heteroatoms. The van der Waals surface area contributed by atoms with Crippen LogP contribution in [0, 0.1) is 5.92 Å². The van der Waals surface area contributed by atoms with Crippen LogP contribution in [0.5, 0.6) is 0 Å². The monoisotopic (exact) mass is 396 g/mol. The van der Waals surface area contributed by atoms with Crippen molar-refractivity contribution in [3.8, 4) is 0 Å². The van der Waals surface area contributed by atoms with Gasteiger partial charge in [-0.05, 0) is 25.7 Å². The van der Waals surface area contributed by atoms with E-state index in [1.165, 1.54) is 12.5 Å². The molecule has 1 aromatic heterocycles. The van der Waals surface area contributed by atoms with Crippen LogP contribution >= 0.6 is 0 Å². The Kier molecular flexibility index (Phi) is 4.81. The maximum atomic E-state index is 12.9. The van der Waals surface area contributed by atoms with Crippen LogP contribution in [0.2, 0.25) is 0 Å². The normalized spacial score (nSPS) is 32.3. The average Bonchev–Trinajstić information content (AvgIpc) is 3.38. The number of nitrogens with one attached hydrogen (secondary N) is 1. The van der Waals surface area contributed by atoms with Crippen molar-refractivity contribution in [2.24, 2.45) is 10.3 Å². The molecule has 1 aromatic rings. The summed E-state index contributed by atoms with van der Waals surface area (Å²) in [5.41, 5.74) is -0.231. The van der Waals surface area contributed by atoms with Crippen LogP contribution in [0.4, 0.5) is 0 Å². The van der Waals surface area contributed by atoms with Crippen LogP contribution < -0.4 is 0 Å². The molecule has 2 saturated heterocycles. The fourth-order valence-corrected chi connectivity index (χ4v) is 5.88. The minimum atomic E-state index is -2.53. The van der Waals surface area contributed by atoms with E-state index < -0.39 is 27.3 Å². The number of carbonyl (C=O) groups excluding carboxylic acids is 2. The number of aromatic nitrogens is 2. The third-order valence-electron chi connectivity index (χ3n) is 5.54. The Labute approximate surface area is 157 Å². The number of amides is 2. The first kappa shape index (κ1) is 18.6. The zero-order chi connectivity index (χ0) is 19.1. The Morgan fingerprint density at radius 1 is 1.41 bits per heavy atom. The molecule has 4 rings (SSSR count). The van der Waals surface area contributed by atoms with Gasteiger partial charge in [-0.1, -0.05) is 0 Å². The number of ether oxygens (including phenoxy) is 1. The number of hydrogen-bond donors (Lipinski definition) is 2. The third-order valence-corrected chi connectivity index (χ3v) is 7.74. The lowest BCUT2D eigenvalue weighted by atomic mass is 9.94. The largest absolute Gasteiger partial charge is 0.377 e. The van der Waals surface area contributed by atoms with E-state index in [0.29, 0.717) is 49.7 Å². The van der Waals surface area contributed by atoms with Gasteiger partial charge < -0.3 is 19.7 Å². The van der Waals surface area contributed by atoms with Gasteiger partial charge in [0.05, 0.1) is 40.2 Å². The van der Waals surface area contributed by atoms with Crippen LogP contribution in [0.25, 0.3) is 0 Å². The number of carbonyl (C=O) groups is 2. The highest BCUT2D eigenvalue weighted by Crippen LogP contribution is 2.35. The first-order valence-electron chi connectivity index (χ1n) is 9.25. The number of morpholine rings is 1. The van der Waals surface area contributed by atoms with Gasteiger partial charge in [-0.3, -0.25) is 9.59 Å². The molecule has 2 aliphatic heterocycles. The molecular weight excluding hydrogens is 372 g/mol. The van der Waals surface area contributed by atoms with Crippen molar-refractivity contribution in [2.75, 3.05) is 31.2 Å². The quantitative estimate of drug-likeness (QED) is 0.754. The smallest absolute Gasteiger partial charge is 0.257 e. The Balaban J connectivity index is 1.42. The molecule has 3 fully saturated rings. The zero-order valence-corrected chi connectivity index (χ0v) is 15.8. The number of nitrogens with zero attached hydrogens (tertiary/aromatic N) is 3. The van der Waals surface area contributed by atoms with Crippen molar-refractivity contribution in [3.05, 3.63) is 18.2 Å². The molecule has 2 amide bonds. The molecule has 0 radical (unpaired) electrons. The number of hydrogen-bond acceptors (Lipinski definition) is 6. The molecule has 1 saturated carbocycles. The van der Waals surface area contributed by atoms with Crippen LogP contribution in [-0.2, 0) is 24.1 Å². The summed E-state index contributed by atoms with van der Waals surface area (Å²) < 4.78 is 22.9. The SMILES string of the molecule is O=C(N=S1(=O)CCC2(CC1)CN(C(=O)C(O)c1cnc[nH]1)CCO2)C1CC1. The summed E-state index contributed by atoms with van der Waals surface area (Å²) in [6.45, 7) is 1.09. The molecule has 148 valence electrons. The van der Waals surface area contributed by atoms with Crippen molar-refractivity contribution >= 4 is 21.5 Å². The topological polar surface area (TPSA) is 125 Å². The molecule has 3 heterocycles. The summed E-state index contributed by atoms with van der Waals surface area (Å²) in [4.78, 5) is 32.7. The van der Waals surface area contributed by atoms with E-state index in [-0.39, 0.29) is 11.8 Å². The van der Waals surface area contributed by atoms with Gasteiger partial charge in [0, 0.05) is 30.5 Å². The Morgan fingerprint density at radius 2 is 2.15 bits per heavy atom. The highest BCUT2D eigenvalue weighted by Gasteiger charge is 2.44. The average molecular weight is 396 g/mol. The molecule has 0 bridgehead atoms. The van der Waals surface area contributed by atoms with E-state index in [1.807, 2.05) is 0 Å².